The first kappa shape index (κ1) is 19.0. The highest BCUT2D eigenvalue weighted by atomic mass is 19.1. The summed E-state index contributed by atoms with van der Waals surface area (Å²) in [6.07, 6.45) is 0. The Kier molecular flexibility index (Phi) is 5.60. The maximum absolute atomic E-state index is 13.0. The number of Topliss-reactive ketones (excluding diaryl/α,β-unsaturated/α-hetero) is 1. The smallest absolute Gasteiger partial charge is 0.255 e. The molecule has 0 saturated carbocycles. The first-order valence-electron chi connectivity index (χ1n) is 8.52. The lowest BCUT2D eigenvalue weighted by Gasteiger charge is -2.08. The van der Waals surface area contributed by atoms with E-state index in [2.05, 4.69) is 10.6 Å². The van der Waals surface area contributed by atoms with Crippen molar-refractivity contribution in [2.45, 2.75) is 6.92 Å². The summed E-state index contributed by atoms with van der Waals surface area (Å²) in [4.78, 5) is 36.1. The summed E-state index contributed by atoms with van der Waals surface area (Å²) < 4.78 is 13.0. The van der Waals surface area contributed by atoms with Crippen LogP contribution in [0, 0.1) is 5.82 Å². The van der Waals surface area contributed by atoms with E-state index >= 15 is 0 Å². The summed E-state index contributed by atoms with van der Waals surface area (Å²) in [5.74, 6) is -1.25. The lowest BCUT2D eigenvalue weighted by molar-refractivity contribution is 0.101. The van der Waals surface area contributed by atoms with E-state index in [4.69, 9.17) is 0 Å². The zero-order valence-corrected chi connectivity index (χ0v) is 15.0. The third-order valence-corrected chi connectivity index (χ3v) is 4.04. The van der Waals surface area contributed by atoms with E-state index in [0.29, 0.717) is 28.1 Å². The predicted octanol–water partition coefficient (Wildman–Crippen LogP) is 4.53. The molecule has 0 fully saturated rings. The number of ketones is 1. The molecule has 5 nitrogen and oxygen atoms in total. The van der Waals surface area contributed by atoms with Gasteiger partial charge in [-0.15, -0.1) is 0 Å². The average molecular weight is 376 g/mol. The fraction of sp³-hybridized carbons (Fsp3) is 0.0455. The highest BCUT2D eigenvalue weighted by Gasteiger charge is 2.11. The summed E-state index contributed by atoms with van der Waals surface area (Å²) >= 11 is 0. The molecule has 6 heteroatoms. The Morgan fingerprint density at radius 1 is 0.679 bits per heavy atom. The molecule has 0 radical (unpaired) electrons. The van der Waals surface area contributed by atoms with Crippen LogP contribution in [0.3, 0.4) is 0 Å². The number of halogens is 1. The lowest BCUT2D eigenvalue weighted by atomic mass is 10.1. The van der Waals surface area contributed by atoms with Crippen molar-refractivity contribution in [3.8, 4) is 0 Å². The van der Waals surface area contributed by atoms with Crippen LogP contribution in [-0.2, 0) is 0 Å². The molecule has 0 aromatic heterocycles. The molecule has 0 bridgehead atoms. The molecule has 28 heavy (non-hydrogen) atoms. The highest BCUT2D eigenvalue weighted by molar-refractivity contribution is 6.08. The Morgan fingerprint density at radius 3 is 1.61 bits per heavy atom. The number of anilines is 2. The number of hydrogen-bond donors (Lipinski definition) is 2. The Balaban J connectivity index is 1.71. The summed E-state index contributed by atoms with van der Waals surface area (Å²) in [6.45, 7) is 1.47. The van der Waals surface area contributed by atoms with Gasteiger partial charge in [-0.25, -0.2) is 4.39 Å². The van der Waals surface area contributed by atoms with Crippen LogP contribution in [-0.4, -0.2) is 17.6 Å². The van der Waals surface area contributed by atoms with Crippen molar-refractivity contribution < 1.29 is 18.8 Å². The van der Waals surface area contributed by atoms with Gasteiger partial charge in [0, 0.05) is 28.1 Å². The van der Waals surface area contributed by atoms with Crippen LogP contribution >= 0.6 is 0 Å². The zero-order chi connectivity index (χ0) is 20.1. The second-order valence-electron chi connectivity index (χ2n) is 6.13. The van der Waals surface area contributed by atoms with E-state index in [9.17, 15) is 18.8 Å². The number of nitrogens with one attached hydrogen (secondary N) is 2. The molecule has 0 spiro atoms. The molecule has 0 saturated heterocycles. The van der Waals surface area contributed by atoms with Crippen LogP contribution < -0.4 is 10.6 Å². The molecule has 0 heterocycles. The second-order valence-corrected chi connectivity index (χ2v) is 6.13. The van der Waals surface area contributed by atoms with Gasteiger partial charge in [-0.05, 0) is 73.7 Å². The SMILES string of the molecule is CC(=O)c1ccc(NC(=O)c2cccc(C(=O)Nc3ccc(F)cc3)c2)cc1. The Morgan fingerprint density at radius 2 is 1.14 bits per heavy atom. The molecule has 0 unspecified atom stereocenters. The van der Waals surface area contributed by atoms with Crippen molar-refractivity contribution in [3.63, 3.8) is 0 Å². The Hall–Kier alpha value is -3.80. The lowest BCUT2D eigenvalue weighted by Crippen LogP contribution is -2.15. The topological polar surface area (TPSA) is 75.3 Å². The van der Waals surface area contributed by atoms with E-state index in [1.165, 1.54) is 37.3 Å². The first-order chi connectivity index (χ1) is 13.4. The van der Waals surface area contributed by atoms with E-state index in [1.54, 1.807) is 42.5 Å². The van der Waals surface area contributed by atoms with E-state index < -0.39 is 11.7 Å². The number of hydrogen-bond acceptors (Lipinski definition) is 3. The standard InChI is InChI=1S/C22H17FN2O3/c1-14(26)15-5-9-19(10-6-15)24-21(27)16-3-2-4-17(13-16)22(28)25-20-11-7-18(23)8-12-20/h2-13H,1H3,(H,24,27)(H,25,28). The van der Waals surface area contributed by atoms with Crippen molar-refractivity contribution in [2.75, 3.05) is 10.6 Å². The minimum absolute atomic E-state index is 0.0576. The fourth-order valence-electron chi connectivity index (χ4n) is 2.53. The maximum atomic E-state index is 13.0. The van der Waals surface area contributed by atoms with Crippen LogP contribution in [0.15, 0.2) is 72.8 Å². The first-order valence-corrected chi connectivity index (χ1v) is 8.52. The summed E-state index contributed by atoms with van der Waals surface area (Å²) in [7, 11) is 0. The van der Waals surface area contributed by atoms with Crippen molar-refractivity contribution in [2.24, 2.45) is 0 Å². The van der Waals surface area contributed by atoms with Crippen LogP contribution in [0.5, 0.6) is 0 Å². The van der Waals surface area contributed by atoms with Gasteiger partial charge in [-0.3, -0.25) is 14.4 Å². The Labute approximate surface area is 161 Å². The van der Waals surface area contributed by atoms with Crippen molar-refractivity contribution in [1.82, 2.24) is 0 Å². The third kappa shape index (κ3) is 4.67. The molecule has 0 aliphatic heterocycles. The monoisotopic (exact) mass is 376 g/mol. The molecule has 0 aliphatic rings. The molecule has 2 amide bonds. The second kappa shape index (κ2) is 8.26. The van der Waals surface area contributed by atoms with Gasteiger partial charge in [0.15, 0.2) is 5.78 Å². The normalized spacial score (nSPS) is 10.2. The molecule has 2 N–H and O–H groups in total. The van der Waals surface area contributed by atoms with Gasteiger partial charge in [0.2, 0.25) is 0 Å². The van der Waals surface area contributed by atoms with Crippen LogP contribution in [0.2, 0.25) is 0 Å². The van der Waals surface area contributed by atoms with Gasteiger partial charge in [0.25, 0.3) is 11.8 Å². The van der Waals surface area contributed by atoms with Crippen LogP contribution in [0.25, 0.3) is 0 Å². The average Bonchev–Trinajstić information content (AvgIpc) is 2.70. The molecular formula is C22H17FN2O3. The van der Waals surface area contributed by atoms with Crippen molar-refractivity contribution >= 4 is 29.0 Å². The molecule has 140 valence electrons. The number of carbonyl (C=O) groups excluding carboxylic acids is 3. The quantitative estimate of drug-likeness (QED) is 0.642. The predicted molar refractivity (Wildman–Crippen MR) is 105 cm³/mol. The van der Waals surface area contributed by atoms with Gasteiger partial charge in [-0.1, -0.05) is 6.07 Å². The van der Waals surface area contributed by atoms with E-state index in [0.717, 1.165) is 0 Å². The van der Waals surface area contributed by atoms with Crippen LogP contribution in [0.4, 0.5) is 15.8 Å². The third-order valence-electron chi connectivity index (χ3n) is 4.04. The molecule has 3 aromatic carbocycles. The fourth-order valence-corrected chi connectivity index (χ4v) is 2.53. The summed E-state index contributed by atoms with van der Waals surface area (Å²) in [5, 5.41) is 5.37. The van der Waals surface area contributed by atoms with Gasteiger partial charge in [0.1, 0.15) is 5.82 Å². The number of amides is 2. The number of carbonyl (C=O) groups is 3. The van der Waals surface area contributed by atoms with Crippen molar-refractivity contribution in [1.29, 1.82) is 0 Å². The maximum Gasteiger partial charge on any atom is 0.255 e. The molecule has 3 aromatic rings. The molecule has 3 rings (SSSR count). The van der Waals surface area contributed by atoms with Crippen molar-refractivity contribution in [3.05, 3.63) is 95.3 Å². The molecule has 0 aliphatic carbocycles. The molecule has 0 atom stereocenters. The number of benzene rings is 3. The molecular weight excluding hydrogens is 359 g/mol. The van der Waals surface area contributed by atoms with Gasteiger partial charge < -0.3 is 10.6 Å². The minimum atomic E-state index is -0.410. The summed E-state index contributed by atoms with van der Waals surface area (Å²) in [5.41, 5.74) is 2.15. The van der Waals surface area contributed by atoms with Gasteiger partial charge in [-0.2, -0.15) is 0 Å². The van der Waals surface area contributed by atoms with Crippen LogP contribution in [0.1, 0.15) is 38.0 Å². The van der Waals surface area contributed by atoms with Gasteiger partial charge in [0.05, 0.1) is 0 Å². The zero-order valence-electron chi connectivity index (χ0n) is 15.0. The Bertz CT molecular complexity index is 1030. The summed E-state index contributed by atoms with van der Waals surface area (Å²) in [6, 6.07) is 18.2. The van der Waals surface area contributed by atoms with Gasteiger partial charge >= 0.3 is 0 Å². The van der Waals surface area contributed by atoms with E-state index in [1.807, 2.05) is 0 Å². The minimum Gasteiger partial charge on any atom is -0.322 e. The highest BCUT2D eigenvalue weighted by Crippen LogP contribution is 2.15. The largest absolute Gasteiger partial charge is 0.322 e. The van der Waals surface area contributed by atoms with E-state index in [-0.39, 0.29) is 11.7 Å². The number of rotatable bonds is 5.